The van der Waals surface area contributed by atoms with Crippen LogP contribution in [0.4, 0.5) is 0 Å². The first-order chi connectivity index (χ1) is 13.3. The Balaban J connectivity index is 1.83. The summed E-state index contributed by atoms with van der Waals surface area (Å²) >= 11 is 0. The highest BCUT2D eigenvalue weighted by Crippen LogP contribution is 2.44. The van der Waals surface area contributed by atoms with E-state index in [9.17, 15) is 0 Å². The van der Waals surface area contributed by atoms with E-state index in [1.165, 1.54) is 70.2 Å². The quantitative estimate of drug-likeness (QED) is 0.310. The van der Waals surface area contributed by atoms with Gasteiger partial charge in [0.05, 0.1) is 0 Å². The van der Waals surface area contributed by atoms with Gasteiger partial charge in [-0.15, -0.1) is 0 Å². The number of benzene rings is 3. The molecule has 5 aromatic rings. The van der Waals surface area contributed by atoms with Gasteiger partial charge in [0.25, 0.3) is 0 Å². The fraction of sp³-hybridized carbons (Fsp3) is 0.280. The lowest BCUT2D eigenvalue weighted by molar-refractivity contribution is 0.445. The first-order valence-electron chi connectivity index (χ1n) is 10.1. The highest BCUT2D eigenvalue weighted by Gasteiger charge is 2.23. The van der Waals surface area contributed by atoms with E-state index < -0.39 is 0 Å². The Bertz CT molecular complexity index is 1310. The molecule has 2 nitrogen and oxygen atoms in total. The van der Waals surface area contributed by atoms with Crippen LogP contribution in [-0.2, 0) is 7.05 Å². The third kappa shape index (κ3) is 2.07. The number of para-hydroxylation sites is 1. The topological polar surface area (TPSA) is 18.1 Å². The van der Waals surface area contributed by atoms with Gasteiger partial charge in [0.2, 0.25) is 0 Å². The molecule has 0 amide bonds. The molecule has 2 heterocycles. The van der Waals surface area contributed by atoms with Crippen LogP contribution in [-0.4, -0.2) is 4.57 Å². The summed E-state index contributed by atoms with van der Waals surface area (Å²) in [7, 11) is 2.20. The minimum atomic E-state index is 0.682. The zero-order valence-corrected chi connectivity index (χ0v) is 15.7. The average molecular weight is 353 g/mol. The van der Waals surface area contributed by atoms with Gasteiger partial charge in [-0.25, -0.2) is 0 Å². The normalized spacial score (nSPS) is 16.2. The molecule has 0 N–H and O–H groups in total. The van der Waals surface area contributed by atoms with E-state index in [1.54, 1.807) is 0 Å². The number of fused-ring (bicyclic) bond motifs is 7. The standard InChI is InChI=1S/C25H23NO/c1-26-19-12-7-11-17(16-8-3-2-4-9-16)23(19)25-20(26)14-15-22-24(25)18-10-5-6-13-21(18)27-22/h5-7,10-16H,2-4,8-9H2,1H3. The van der Waals surface area contributed by atoms with Gasteiger partial charge in [0.1, 0.15) is 11.2 Å². The van der Waals surface area contributed by atoms with Gasteiger partial charge < -0.3 is 8.98 Å². The van der Waals surface area contributed by atoms with Crippen LogP contribution in [0.1, 0.15) is 43.6 Å². The lowest BCUT2D eigenvalue weighted by atomic mass is 9.82. The maximum Gasteiger partial charge on any atom is 0.136 e. The smallest absolute Gasteiger partial charge is 0.136 e. The molecule has 1 aliphatic rings. The minimum absolute atomic E-state index is 0.682. The monoisotopic (exact) mass is 353 g/mol. The summed E-state index contributed by atoms with van der Waals surface area (Å²) in [5, 5.41) is 5.32. The van der Waals surface area contributed by atoms with E-state index in [0.717, 1.165) is 11.2 Å². The van der Waals surface area contributed by atoms with Crippen LogP contribution < -0.4 is 0 Å². The first kappa shape index (κ1) is 15.3. The zero-order valence-electron chi connectivity index (χ0n) is 15.7. The summed E-state index contributed by atoms with van der Waals surface area (Å²) in [6, 6.07) is 19.7. The van der Waals surface area contributed by atoms with Crippen molar-refractivity contribution >= 4 is 43.7 Å². The fourth-order valence-electron chi connectivity index (χ4n) is 5.33. The molecule has 0 bridgehead atoms. The Labute approximate surface area is 158 Å². The third-order valence-corrected chi connectivity index (χ3v) is 6.61. The molecule has 2 heteroatoms. The second-order valence-electron chi connectivity index (χ2n) is 8.07. The van der Waals surface area contributed by atoms with Crippen LogP contribution in [0, 0.1) is 0 Å². The van der Waals surface area contributed by atoms with E-state index >= 15 is 0 Å². The Morgan fingerprint density at radius 3 is 2.44 bits per heavy atom. The van der Waals surface area contributed by atoms with Gasteiger partial charge in [-0.05, 0) is 48.6 Å². The lowest BCUT2D eigenvalue weighted by Gasteiger charge is -2.23. The molecule has 0 spiro atoms. The highest BCUT2D eigenvalue weighted by molar-refractivity contribution is 6.27. The average Bonchev–Trinajstić information content (AvgIpc) is 3.24. The van der Waals surface area contributed by atoms with Crippen LogP contribution in [0.2, 0.25) is 0 Å². The van der Waals surface area contributed by atoms with Gasteiger partial charge in [-0.1, -0.05) is 49.6 Å². The summed E-state index contributed by atoms with van der Waals surface area (Å²) in [6.07, 6.45) is 6.74. The van der Waals surface area contributed by atoms with Crippen molar-refractivity contribution in [1.82, 2.24) is 4.57 Å². The SMILES string of the molecule is Cn1c2cccc(C3CCCCC3)c2c2c3c(ccc21)oc1ccccc13. The summed E-state index contributed by atoms with van der Waals surface area (Å²) in [5.74, 6) is 0.682. The number of hydrogen-bond donors (Lipinski definition) is 0. The number of nitrogens with zero attached hydrogens (tertiary/aromatic N) is 1. The molecule has 1 saturated carbocycles. The van der Waals surface area contributed by atoms with Gasteiger partial charge in [-0.2, -0.15) is 0 Å². The van der Waals surface area contributed by atoms with Crippen molar-refractivity contribution in [2.45, 2.75) is 38.0 Å². The van der Waals surface area contributed by atoms with Gasteiger partial charge in [0.15, 0.2) is 0 Å². The molecule has 0 radical (unpaired) electrons. The number of furan rings is 1. The largest absolute Gasteiger partial charge is 0.456 e. The molecule has 0 aliphatic heterocycles. The van der Waals surface area contributed by atoms with Crippen molar-refractivity contribution in [2.24, 2.45) is 7.05 Å². The number of aromatic nitrogens is 1. The van der Waals surface area contributed by atoms with Crippen molar-refractivity contribution in [2.75, 3.05) is 0 Å². The van der Waals surface area contributed by atoms with Gasteiger partial charge in [-0.3, -0.25) is 0 Å². The molecular formula is C25H23NO. The fourth-order valence-corrected chi connectivity index (χ4v) is 5.33. The van der Waals surface area contributed by atoms with E-state index in [2.05, 4.69) is 66.2 Å². The Kier molecular flexibility index (Phi) is 3.19. The number of aryl methyl sites for hydroxylation is 1. The van der Waals surface area contributed by atoms with Crippen molar-refractivity contribution in [1.29, 1.82) is 0 Å². The van der Waals surface area contributed by atoms with Gasteiger partial charge >= 0.3 is 0 Å². The van der Waals surface area contributed by atoms with E-state index in [0.29, 0.717) is 5.92 Å². The maximum atomic E-state index is 6.19. The zero-order chi connectivity index (χ0) is 18.0. The van der Waals surface area contributed by atoms with Crippen LogP contribution in [0.25, 0.3) is 43.7 Å². The van der Waals surface area contributed by atoms with Crippen molar-refractivity contribution in [3.8, 4) is 0 Å². The predicted molar refractivity (Wildman–Crippen MR) is 114 cm³/mol. The molecule has 2 aromatic heterocycles. The number of rotatable bonds is 1. The maximum absolute atomic E-state index is 6.19. The summed E-state index contributed by atoms with van der Waals surface area (Å²) in [4.78, 5) is 0. The molecule has 0 saturated heterocycles. The minimum Gasteiger partial charge on any atom is -0.456 e. The second-order valence-corrected chi connectivity index (χ2v) is 8.07. The molecule has 1 fully saturated rings. The Hall–Kier alpha value is -2.74. The molecule has 3 aromatic carbocycles. The Morgan fingerprint density at radius 2 is 1.56 bits per heavy atom. The molecule has 134 valence electrons. The third-order valence-electron chi connectivity index (χ3n) is 6.61. The van der Waals surface area contributed by atoms with Crippen LogP contribution in [0.15, 0.2) is 59.0 Å². The van der Waals surface area contributed by atoms with Crippen molar-refractivity contribution in [3.63, 3.8) is 0 Å². The first-order valence-corrected chi connectivity index (χ1v) is 10.1. The summed E-state index contributed by atoms with van der Waals surface area (Å²) < 4.78 is 8.55. The van der Waals surface area contributed by atoms with Gasteiger partial charge in [0, 0.05) is 39.6 Å². The van der Waals surface area contributed by atoms with E-state index in [1.807, 2.05) is 0 Å². The van der Waals surface area contributed by atoms with Crippen molar-refractivity contribution < 1.29 is 4.42 Å². The van der Waals surface area contributed by atoms with E-state index in [4.69, 9.17) is 4.42 Å². The van der Waals surface area contributed by atoms with Crippen molar-refractivity contribution in [3.05, 3.63) is 60.2 Å². The molecule has 0 atom stereocenters. The molecular weight excluding hydrogens is 330 g/mol. The summed E-state index contributed by atoms with van der Waals surface area (Å²) in [6.45, 7) is 0. The second kappa shape index (κ2) is 5.63. The number of hydrogen-bond acceptors (Lipinski definition) is 1. The molecule has 1 aliphatic carbocycles. The van der Waals surface area contributed by atoms with Crippen LogP contribution in [0.5, 0.6) is 0 Å². The lowest BCUT2D eigenvalue weighted by Crippen LogP contribution is -2.04. The molecule has 6 rings (SSSR count). The molecule has 0 unspecified atom stereocenters. The molecule has 27 heavy (non-hydrogen) atoms. The highest BCUT2D eigenvalue weighted by atomic mass is 16.3. The predicted octanol–water partition coefficient (Wildman–Crippen LogP) is 7.28. The summed E-state index contributed by atoms with van der Waals surface area (Å²) in [5.41, 5.74) is 6.15. The Morgan fingerprint density at radius 1 is 0.741 bits per heavy atom. The van der Waals surface area contributed by atoms with E-state index in [-0.39, 0.29) is 0 Å². The van der Waals surface area contributed by atoms with Crippen LogP contribution >= 0.6 is 0 Å². The van der Waals surface area contributed by atoms with Crippen LogP contribution in [0.3, 0.4) is 0 Å².